The quantitative estimate of drug-likeness (QED) is 0.224. The summed E-state index contributed by atoms with van der Waals surface area (Å²) in [6.45, 7) is 9.03. The minimum absolute atomic E-state index is 0. The summed E-state index contributed by atoms with van der Waals surface area (Å²) in [5.74, 6) is -0.893. The normalized spacial score (nSPS) is 12.1. The SMILES string of the molecule is CCCCCCCCN(CCCCCCCC)C(CCCC)CCC(=O)[O-].[Li+]. The first-order valence-corrected chi connectivity index (χ1v) is 12.1. The summed E-state index contributed by atoms with van der Waals surface area (Å²) in [6, 6.07) is 0.425. The number of carbonyl (C=O) groups is 1. The van der Waals surface area contributed by atoms with Gasteiger partial charge in [-0.1, -0.05) is 97.8 Å². The molecule has 28 heavy (non-hydrogen) atoms. The van der Waals surface area contributed by atoms with Crippen molar-refractivity contribution in [3.63, 3.8) is 0 Å². The molecule has 0 amide bonds. The molecule has 1 unspecified atom stereocenters. The van der Waals surface area contributed by atoms with Gasteiger partial charge in [-0.2, -0.15) is 0 Å². The smallest absolute Gasteiger partial charge is 0.550 e. The van der Waals surface area contributed by atoms with Crippen LogP contribution in [0.3, 0.4) is 0 Å². The molecule has 0 N–H and O–H groups in total. The Morgan fingerprint density at radius 1 is 0.679 bits per heavy atom. The zero-order chi connectivity index (χ0) is 20.2. The molecule has 4 heteroatoms. The maximum absolute atomic E-state index is 11.0. The Balaban J connectivity index is 0. The van der Waals surface area contributed by atoms with E-state index in [1.807, 2.05) is 0 Å². The third-order valence-corrected chi connectivity index (χ3v) is 5.69. The first kappa shape index (κ1) is 30.2. The predicted molar refractivity (Wildman–Crippen MR) is 116 cm³/mol. The molecule has 3 nitrogen and oxygen atoms in total. The number of unbranched alkanes of at least 4 members (excludes halogenated alkanes) is 11. The van der Waals surface area contributed by atoms with Gasteiger partial charge in [-0.15, -0.1) is 0 Å². The molecular formula is C24H48LiNO2. The third kappa shape index (κ3) is 19.3. The molecule has 0 spiro atoms. The van der Waals surface area contributed by atoms with Crippen molar-refractivity contribution in [2.24, 2.45) is 0 Å². The van der Waals surface area contributed by atoms with Crippen molar-refractivity contribution in [2.75, 3.05) is 13.1 Å². The summed E-state index contributed by atoms with van der Waals surface area (Å²) >= 11 is 0. The van der Waals surface area contributed by atoms with Gasteiger partial charge in [-0.3, -0.25) is 0 Å². The zero-order valence-corrected chi connectivity index (χ0v) is 19.8. The van der Waals surface area contributed by atoms with E-state index < -0.39 is 5.97 Å². The molecule has 0 saturated carbocycles. The second-order valence-corrected chi connectivity index (χ2v) is 8.28. The number of hydrogen-bond donors (Lipinski definition) is 0. The van der Waals surface area contributed by atoms with Crippen molar-refractivity contribution in [3.8, 4) is 0 Å². The van der Waals surface area contributed by atoms with Crippen LogP contribution in [0.4, 0.5) is 0 Å². The molecule has 0 aliphatic rings. The zero-order valence-electron chi connectivity index (χ0n) is 19.8. The van der Waals surface area contributed by atoms with Crippen LogP contribution in [0.15, 0.2) is 0 Å². The fourth-order valence-corrected chi connectivity index (χ4v) is 3.90. The average Bonchev–Trinajstić information content (AvgIpc) is 2.66. The number of hydrogen-bond acceptors (Lipinski definition) is 3. The number of nitrogens with zero attached hydrogens (tertiary/aromatic N) is 1. The molecule has 0 bridgehead atoms. The Morgan fingerprint density at radius 2 is 1.11 bits per heavy atom. The monoisotopic (exact) mass is 389 g/mol. The van der Waals surface area contributed by atoms with E-state index in [0.717, 1.165) is 25.9 Å². The van der Waals surface area contributed by atoms with Crippen molar-refractivity contribution in [2.45, 2.75) is 136 Å². The molecule has 0 heterocycles. The van der Waals surface area contributed by atoms with Gasteiger partial charge >= 0.3 is 18.9 Å². The predicted octanol–water partition coefficient (Wildman–Crippen LogP) is 3.10. The van der Waals surface area contributed by atoms with Crippen LogP contribution in [0, 0.1) is 0 Å². The largest absolute Gasteiger partial charge is 1.00 e. The molecule has 0 rings (SSSR count). The number of carbonyl (C=O) groups excluding carboxylic acids is 1. The Kier molecular flexibility index (Phi) is 25.2. The van der Waals surface area contributed by atoms with Gasteiger partial charge in [0, 0.05) is 12.0 Å². The van der Waals surface area contributed by atoms with Crippen LogP contribution in [-0.4, -0.2) is 30.0 Å². The van der Waals surface area contributed by atoms with Gasteiger partial charge in [0.1, 0.15) is 0 Å². The summed E-state index contributed by atoms with van der Waals surface area (Å²) in [4.78, 5) is 13.6. The van der Waals surface area contributed by atoms with Crippen LogP contribution in [0.5, 0.6) is 0 Å². The summed E-state index contributed by atoms with van der Waals surface area (Å²) in [5, 5.41) is 11.0. The Labute approximate surface area is 188 Å². The fourth-order valence-electron chi connectivity index (χ4n) is 3.90. The molecule has 0 fully saturated rings. The standard InChI is InChI=1S/C24H49NO2.Li/c1-4-7-10-12-14-16-21-25(22-17-15-13-11-8-5-2)23(18-9-6-3)19-20-24(26)27;/h23H,4-22H2,1-3H3,(H,26,27);/q;+1/p-1. The van der Waals surface area contributed by atoms with E-state index in [4.69, 9.17) is 0 Å². The maximum atomic E-state index is 11.0. The molecule has 1 atom stereocenters. The van der Waals surface area contributed by atoms with Crippen molar-refractivity contribution in [1.82, 2.24) is 4.90 Å². The molecule has 0 saturated heterocycles. The number of carboxylic acids is 1. The van der Waals surface area contributed by atoms with Gasteiger partial charge < -0.3 is 14.8 Å². The van der Waals surface area contributed by atoms with Crippen molar-refractivity contribution >= 4 is 5.97 Å². The Morgan fingerprint density at radius 3 is 1.54 bits per heavy atom. The summed E-state index contributed by atoms with van der Waals surface area (Å²) in [5.41, 5.74) is 0. The van der Waals surface area contributed by atoms with E-state index in [2.05, 4.69) is 25.7 Å². The number of rotatable bonds is 21. The van der Waals surface area contributed by atoms with Crippen molar-refractivity contribution in [3.05, 3.63) is 0 Å². The topological polar surface area (TPSA) is 43.4 Å². The molecule has 0 aliphatic carbocycles. The molecule has 0 aromatic carbocycles. The average molecular weight is 390 g/mol. The fraction of sp³-hybridized carbons (Fsp3) is 0.958. The van der Waals surface area contributed by atoms with E-state index in [0.29, 0.717) is 6.04 Å². The molecule has 0 radical (unpaired) electrons. The summed E-state index contributed by atoms with van der Waals surface area (Å²) in [6.07, 6.45) is 20.3. The third-order valence-electron chi connectivity index (χ3n) is 5.69. The summed E-state index contributed by atoms with van der Waals surface area (Å²) < 4.78 is 0. The van der Waals surface area contributed by atoms with Crippen molar-refractivity contribution in [1.29, 1.82) is 0 Å². The van der Waals surface area contributed by atoms with Crippen LogP contribution in [0.1, 0.15) is 130 Å². The van der Waals surface area contributed by atoms with Crippen LogP contribution < -0.4 is 24.0 Å². The first-order valence-electron chi connectivity index (χ1n) is 12.1. The van der Waals surface area contributed by atoms with Gasteiger partial charge in [0.15, 0.2) is 0 Å². The molecule has 0 aromatic heterocycles. The Bertz CT molecular complexity index is 310. The van der Waals surface area contributed by atoms with Gasteiger partial charge in [-0.05, 0) is 45.2 Å². The first-order chi connectivity index (χ1) is 13.2. The second-order valence-electron chi connectivity index (χ2n) is 8.28. The maximum Gasteiger partial charge on any atom is 1.00 e. The van der Waals surface area contributed by atoms with E-state index in [1.165, 1.54) is 89.9 Å². The molecule has 162 valence electrons. The van der Waals surface area contributed by atoms with Gasteiger partial charge in [0.25, 0.3) is 0 Å². The molecule has 0 aromatic rings. The van der Waals surface area contributed by atoms with Crippen LogP contribution >= 0.6 is 0 Å². The van der Waals surface area contributed by atoms with Crippen LogP contribution in [0.2, 0.25) is 0 Å². The summed E-state index contributed by atoms with van der Waals surface area (Å²) in [7, 11) is 0. The number of aliphatic carboxylic acids is 1. The van der Waals surface area contributed by atoms with Gasteiger partial charge in [0.05, 0.1) is 0 Å². The van der Waals surface area contributed by atoms with Crippen LogP contribution in [0.25, 0.3) is 0 Å². The minimum Gasteiger partial charge on any atom is -0.550 e. The van der Waals surface area contributed by atoms with E-state index >= 15 is 0 Å². The molecule has 0 aliphatic heterocycles. The Hall–Kier alpha value is 0.0274. The minimum atomic E-state index is -0.893. The van der Waals surface area contributed by atoms with E-state index in [1.54, 1.807) is 0 Å². The second kappa shape index (κ2) is 23.3. The number of carboxylic acid groups (broad SMARTS) is 1. The van der Waals surface area contributed by atoms with Crippen molar-refractivity contribution < 1.29 is 28.8 Å². The van der Waals surface area contributed by atoms with E-state index in [9.17, 15) is 9.90 Å². The van der Waals surface area contributed by atoms with Gasteiger partial charge in [0.2, 0.25) is 0 Å². The van der Waals surface area contributed by atoms with Crippen LogP contribution in [-0.2, 0) is 4.79 Å². The van der Waals surface area contributed by atoms with Gasteiger partial charge in [-0.25, -0.2) is 0 Å². The van der Waals surface area contributed by atoms with E-state index in [-0.39, 0.29) is 25.3 Å². The molecular weight excluding hydrogens is 341 g/mol.